The second-order valence-corrected chi connectivity index (χ2v) is 5.02. The fourth-order valence-electron chi connectivity index (χ4n) is 1.69. The molecule has 0 aliphatic rings. The molecule has 2 heteroatoms. The van der Waals surface area contributed by atoms with E-state index >= 15 is 0 Å². The highest BCUT2D eigenvalue weighted by Gasteiger charge is 2.20. The third-order valence-corrected chi connectivity index (χ3v) is 2.61. The molecule has 1 aromatic rings. The molecule has 0 saturated carbocycles. The van der Waals surface area contributed by atoms with E-state index in [4.69, 9.17) is 9.47 Å². The van der Waals surface area contributed by atoms with Gasteiger partial charge in [0, 0.05) is 18.2 Å². The average molecular weight is 234 g/mol. The molecular formula is C15H22O2. The second-order valence-electron chi connectivity index (χ2n) is 5.02. The minimum Gasteiger partial charge on any atom is -0.490 e. The van der Waals surface area contributed by atoms with Crippen molar-refractivity contribution in [1.82, 2.24) is 0 Å². The van der Waals surface area contributed by atoms with Gasteiger partial charge in [-0.15, -0.1) is 0 Å². The Kier molecular flexibility index (Phi) is 4.76. The molecule has 0 unspecified atom stereocenters. The van der Waals surface area contributed by atoms with Gasteiger partial charge in [-0.2, -0.15) is 0 Å². The number of rotatable bonds is 5. The molecule has 0 bridgehead atoms. The smallest absolute Gasteiger partial charge is 0.130 e. The summed E-state index contributed by atoms with van der Waals surface area (Å²) in [7, 11) is 1.67. The minimum absolute atomic E-state index is 0.0570. The molecular weight excluding hydrogens is 212 g/mol. The maximum absolute atomic E-state index is 5.83. The summed E-state index contributed by atoms with van der Waals surface area (Å²) < 4.78 is 10.8. The van der Waals surface area contributed by atoms with Gasteiger partial charge in [0.05, 0.1) is 6.61 Å². The summed E-state index contributed by atoms with van der Waals surface area (Å²) in [6.07, 6.45) is 1.83. The number of methoxy groups -OCH3 is 1. The van der Waals surface area contributed by atoms with Crippen molar-refractivity contribution in [2.24, 2.45) is 0 Å². The third-order valence-electron chi connectivity index (χ3n) is 2.61. The lowest BCUT2D eigenvalue weighted by Gasteiger charge is -2.24. The van der Waals surface area contributed by atoms with E-state index in [1.807, 2.05) is 18.2 Å². The Hall–Kier alpha value is -1.28. The van der Waals surface area contributed by atoms with E-state index in [1.165, 1.54) is 5.56 Å². The van der Waals surface area contributed by atoms with Crippen molar-refractivity contribution in [2.75, 3.05) is 20.3 Å². The van der Waals surface area contributed by atoms with Gasteiger partial charge in [0.1, 0.15) is 12.4 Å². The minimum atomic E-state index is 0.0570. The maximum atomic E-state index is 5.83. The molecule has 1 aromatic carbocycles. The quantitative estimate of drug-likeness (QED) is 0.724. The van der Waals surface area contributed by atoms with Crippen molar-refractivity contribution in [3.63, 3.8) is 0 Å². The largest absolute Gasteiger partial charge is 0.490 e. The molecule has 17 heavy (non-hydrogen) atoms. The average Bonchev–Trinajstić information content (AvgIpc) is 2.28. The van der Waals surface area contributed by atoms with Crippen molar-refractivity contribution in [1.29, 1.82) is 0 Å². The first-order valence-electron chi connectivity index (χ1n) is 5.88. The molecule has 0 radical (unpaired) electrons. The van der Waals surface area contributed by atoms with Gasteiger partial charge in [-0.05, 0) is 5.41 Å². The van der Waals surface area contributed by atoms with Gasteiger partial charge in [0.2, 0.25) is 0 Å². The van der Waals surface area contributed by atoms with Gasteiger partial charge in [0.15, 0.2) is 0 Å². The summed E-state index contributed by atoms with van der Waals surface area (Å²) in [6, 6.07) is 6.17. The van der Waals surface area contributed by atoms with Crippen LogP contribution in [0.25, 0.3) is 6.08 Å². The van der Waals surface area contributed by atoms with Crippen molar-refractivity contribution in [3.05, 3.63) is 35.9 Å². The van der Waals surface area contributed by atoms with Gasteiger partial charge in [-0.1, -0.05) is 51.6 Å². The van der Waals surface area contributed by atoms with Crippen molar-refractivity contribution >= 4 is 6.08 Å². The third kappa shape index (κ3) is 3.60. The van der Waals surface area contributed by atoms with E-state index in [0.717, 1.165) is 11.3 Å². The van der Waals surface area contributed by atoms with Crippen LogP contribution >= 0.6 is 0 Å². The molecule has 0 N–H and O–H groups in total. The Morgan fingerprint density at radius 1 is 1.24 bits per heavy atom. The number of para-hydroxylation sites is 1. The molecule has 0 spiro atoms. The fraction of sp³-hybridized carbons (Fsp3) is 0.467. The lowest BCUT2D eigenvalue weighted by Crippen LogP contribution is -2.15. The first kappa shape index (κ1) is 13.8. The van der Waals surface area contributed by atoms with Crippen LogP contribution in [0.5, 0.6) is 5.75 Å². The second kappa shape index (κ2) is 5.87. The highest BCUT2D eigenvalue weighted by molar-refractivity contribution is 5.59. The van der Waals surface area contributed by atoms with E-state index in [9.17, 15) is 0 Å². The Morgan fingerprint density at radius 3 is 2.47 bits per heavy atom. The maximum Gasteiger partial charge on any atom is 0.130 e. The first-order chi connectivity index (χ1) is 8.00. The summed E-state index contributed by atoms with van der Waals surface area (Å²) in [5.41, 5.74) is 2.29. The zero-order valence-electron chi connectivity index (χ0n) is 11.2. The van der Waals surface area contributed by atoms with Crippen molar-refractivity contribution in [3.8, 4) is 5.75 Å². The van der Waals surface area contributed by atoms with Gasteiger partial charge in [-0.3, -0.25) is 0 Å². The molecule has 2 nitrogen and oxygen atoms in total. The monoisotopic (exact) mass is 234 g/mol. The molecule has 0 amide bonds. The summed E-state index contributed by atoms with van der Waals surface area (Å²) in [5.74, 6) is 0.923. The number of hydrogen-bond donors (Lipinski definition) is 0. The lowest BCUT2D eigenvalue weighted by atomic mass is 9.85. The molecule has 0 aliphatic carbocycles. The standard InChI is InChI=1S/C15H22O2/c1-6-12-8-7-9-13(15(2,3)4)14(12)17-11-10-16-5/h6-9H,1,10-11H2,2-5H3. The van der Waals surface area contributed by atoms with Gasteiger partial charge in [0.25, 0.3) is 0 Å². The first-order valence-corrected chi connectivity index (χ1v) is 5.88. The molecule has 0 saturated heterocycles. The number of hydrogen-bond acceptors (Lipinski definition) is 2. The highest BCUT2D eigenvalue weighted by atomic mass is 16.5. The molecule has 94 valence electrons. The van der Waals surface area contributed by atoms with Gasteiger partial charge in [-0.25, -0.2) is 0 Å². The molecule has 0 aliphatic heterocycles. The van der Waals surface area contributed by atoms with Crippen molar-refractivity contribution < 1.29 is 9.47 Å². The summed E-state index contributed by atoms with van der Waals surface area (Å²) in [4.78, 5) is 0. The van der Waals surface area contributed by atoms with Crippen LogP contribution in [0.15, 0.2) is 24.8 Å². The molecule has 0 fully saturated rings. The van der Waals surface area contributed by atoms with Gasteiger partial charge < -0.3 is 9.47 Å². The van der Waals surface area contributed by atoms with E-state index in [0.29, 0.717) is 13.2 Å². The zero-order valence-corrected chi connectivity index (χ0v) is 11.2. The SMILES string of the molecule is C=Cc1cccc(C(C)(C)C)c1OCCOC. The van der Waals surface area contributed by atoms with E-state index in [-0.39, 0.29) is 5.41 Å². The lowest BCUT2D eigenvalue weighted by molar-refractivity contribution is 0.145. The Bertz CT molecular complexity index is 375. The van der Waals surface area contributed by atoms with Crippen LogP contribution in [-0.4, -0.2) is 20.3 Å². The van der Waals surface area contributed by atoms with Crippen LogP contribution in [0.4, 0.5) is 0 Å². The molecule has 0 atom stereocenters. The van der Waals surface area contributed by atoms with Gasteiger partial charge >= 0.3 is 0 Å². The number of benzene rings is 1. The van der Waals surface area contributed by atoms with E-state index < -0.39 is 0 Å². The number of ether oxygens (including phenoxy) is 2. The van der Waals surface area contributed by atoms with Crippen LogP contribution in [0.1, 0.15) is 31.9 Å². The zero-order chi connectivity index (χ0) is 12.9. The fourth-order valence-corrected chi connectivity index (χ4v) is 1.69. The van der Waals surface area contributed by atoms with Crippen LogP contribution in [0.3, 0.4) is 0 Å². The molecule has 1 rings (SSSR count). The Morgan fingerprint density at radius 2 is 1.94 bits per heavy atom. The van der Waals surface area contributed by atoms with Crippen LogP contribution in [0.2, 0.25) is 0 Å². The van der Waals surface area contributed by atoms with E-state index in [2.05, 4.69) is 33.4 Å². The summed E-state index contributed by atoms with van der Waals surface area (Å²) in [5, 5.41) is 0. The van der Waals surface area contributed by atoms with Crippen LogP contribution in [-0.2, 0) is 10.2 Å². The normalized spacial score (nSPS) is 11.3. The summed E-state index contributed by atoms with van der Waals surface area (Å²) >= 11 is 0. The topological polar surface area (TPSA) is 18.5 Å². The van der Waals surface area contributed by atoms with Crippen molar-refractivity contribution in [2.45, 2.75) is 26.2 Å². The highest BCUT2D eigenvalue weighted by Crippen LogP contribution is 2.34. The Labute approximate surface area is 104 Å². The Balaban J connectivity index is 3.07. The molecule has 0 aromatic heterocycles. The predicted molar refractivity (Wildman–Crippen MR) is 72.6 cm³/mol. The van der Waals surface area contributed by atoms with Crippen LogP contribution in [0, 0.1) is 0 Å². The van der Waals surface area contributed by atoms with E-state index in [1.54, 1.807) is 7.11 Å². The summed E-state index contributed by atoms with van der Waals surface area (Å²) in [6.45, 7) is 11.5. The van der Waals surface area contributed by atoms with Crippen LogP contribution < -0.4 is 4.74 Å². The molecule has 0 heterocycles. The predicted octanol–water partition coefficient (Wildman–Crippen LogP) is 3.65.